The van der Waals surface area contributed by atoms with Crippen molar-refractivity contribution >= 4 is 63.1 Å². The highest BCUT2D eigenvalue weighted by molar-refractivity contribution is 7.13. The van der Waals surface area contributed by atoms with E-state index in [0.717, 1.165) is 128 Å². The van der Waals surface area contributed by atoms with Gasteiger partial charge in [-0.15, -0.1) is 26.6 Å². The number of benzene rings is 1. The number of likely N-dealkylation sites (tertiary alicyclic amines) is 12. The van der Waals surface area contributed by atoms with Gasteiger partial charge in [0.25, 0.3) is 0 Å². The third kappa shape index (κ3) is 29.7. The van der Waals surface area contributed by atoms with Gasteiger partial charge in [-0.25, -0.2) is 15.0 Å². The Hall–Kier alpha value is -6.12. The minimum absolute atomic E-state index is 0.274. The van der Waals surface area contributed by atoms with Crippen molar-refractivity contribution in [3.05, 3.63) is 77.3 Å². The topological polar surface area (TPSA) is 206 Å². The Kier molecular flexibility index (Phi) is 41.4. The van der Waals surface area contributed by atoms with Gasteiger partial charge in [-0.1, -0.05) is 53.7 Å². The normalized spacial score (nSPS) is 28.1. The molecule has 5 aromatic rings. The maximum Gasteiger partial charge on any atom is 0.318 e. The fourth-order valence-corrected chi connectivity index (χ4v) is 27.6. The van der Waals surface area contributed by atoms with Crippen LogP contribution >= 0.6 is 22.7 Å². The van der Waals surface area contributed by atoms with Crippen LogP contribution in [-0.2, 0) is 20.9 Å². The summed E-state index contributed by atoms with van der Waals surface area (Å²) in [5, 5.41) is 20.8. The van der Waals surface area contributed by atoms with E-state index < -0.39 is 0 Å². The quantitative estimate of drug-likeness (QED) is 0.0842. The summed E-state index contributed by atoms with van der Waals surface area (Å²) in [4.78, 5) is 85.8. The van der Waals surface area contributed by atoms with Crippen LogP contribution in [0.15, 0.2) is 70.3 Å². The average Bonchev–Trinajstić information content (AvgIpc) is 1.65. The van der Waals surface area contributed by atoms with Crippen molar-refractivity contribution < 1.29 is 18.8 Å². The first-order chi connectivity index (χ1) is 65.3. The van der Waals surface area contributed by atoms with Gasteiger partial charge in [0, 0.05) is 145 Å². The molecule has 16 fully saturated rings. The maximum atomic E-state index is 11.8. The third-order valence-electron chi connectivity index (χ3n) is 34.2. The summed E-state index contributed by atoms with van der Waals surface area (Å²) < 4.78 is 5.60. The molecule has 0 spiro atoms. The van der Waals surface area contributed by atoms with Gasteiger partial charge >= 0.3 is 6.01 Å². The van der Waals surface area contributed by atoms with E-state index in [0.29, 0.717) is 48.4 Å². The summed E-state index contributed by atoms with van der Waals surface area (Å²) in [6.07, 6.45) is 49.0. The van der Waals surface area contributed by atoms with E-state index in [1.165, 1.54) is 341 Å². The number of thiazole rings is 1. The van der Waals surface area contributed by atoms with Crippen molar-refractivity contribution in [3.63, 3.8) is 0 Å². The molecule has 134 heavy (non-hydrogen) atoms. The largest absolute Gasteiger partial charge is 0.408 e. The molecule has 0 saturated carbocycles. The second-order valence-electron chi connectivity index (χ2n) is 43.2. The lowest BCUT2D eigenvalue weighted by atomic mass is 9.88. The minimum atomic E-state index is 0.274. The standard InChI is InChI=1S/C17H26N2.C14H22N4.C13H22N4O.C13H21N3S.C13H24N2O.C12H20N4S.C12H22N2O.C11H20N2O/c1-18-12-9-16(10-13-18)17-8-5-11-19(17)14-15-6-3-2-4-7-15;1-17-10-5-12(6-11-17)13-4-2-9-18(13)14-15-7-3-8-16-14;1-10-14-15-13(18-10)17-7-3-4-12(17)11-5-8-16(2)9-6-11;1-15-8-4-11(5-9-15)12-3-2-7-16(12)13-14-6-10-17-13;1-3-13(16)15-8-4-5-12(15)11-6-9-14(2)10-7-11;1-15-7-4-10(5-8-15)11-3-2-6-16(11)12-14-13-9-17-12;1-10(15)14-7-3-4-12(14)11-5-8-13(2)9-6-11;1-12-7-4-10(5-8-12)11-3-2-6-13(11)9-14/h2-4,6-7,16-17H,5,8-14H2,1H3;3,7-8,12-13H,2,4-6,9-11H2,1H3;11-12H,3-9H2,1-2H3;6,10-12H,2-5,7-9H2,1H3;11-12H,3-10H2,1-2H3;9-11H,2-8H2,1H3;11-12H,3-9H2,1-2H3;9-11H,2-8H2,1H3/t17-;13-;2*12-;;11-;;/m0000.0../s1. The second-order valence-corrected chi connectivity index (χ2v) is 44.9. The molecule has 748 valence electrons. The van der Waals surface area contributed by atoms with Crippen LogP contribution in [0.1, 0.15) is 237 Å². The van der Waals surface area contributed by atoms with Gasteiger partial charge in [0.05, 0.1) is 0 Å². The first-order valence-corrected chi connectivity index (χ1v) is 55.4. The highest BCUT2D eigenvalue weighted by atomic mass is 32.1. The van der Waals surface area contributed by atoms with E-state index in [1.807, 2.05) is 48.9 Å². The molecule has 29 heteroatoms. The molecule has 3 amide bonds. The number of rotatable bonds is 16. The smallest absolute Gasteiger partial charge is 0.318 e. The van der Waals surface area contributed by atoms with Crippen LogP contribution in [0.2, 0.25) is 0 Å². The molecule has 27 nitrogen and oxygen atoms in total. The van der Waals surface area contributed by atoms with Crippen molar-refractivity contribution in [2.75, 3.05) is 233 Å². The molecular formula is C105H177N23O4S2. The number of anilines is 4. The Morgan fingerprint density at radius 2 is 0.731 bits per heavy atom. The highest BCUT2D eigenvalue weighted by Crippen LogP contribution is 2.42. The molecule has 0 bridgehead atoms. The number of carbonyl (C=O) groups is 3. The summed E-state index contributed by atoms with van der Waals surface area (Å²) >= 11 is 3.47. The molecule has 20 heterocycles. The lowest BCUT2D eigenvalue weighted by Crippen LogP contribution is -2.43. The Labute approximate surface area is 816 Å². The minimum Gasteiger partial charge on any atom is -0.408 e. The van der Waals surface area contributed by atoms with E-state index in [-0.39, 0.29) is 5.91 Å². The molecule has 16 saturated heterocycles. The summed E-state index contributed by atoms with van der Waals surface area (Å²) in [6.45, 7) is 35.3. The number of carbonyl (C=O) groups excluding carboxylic acids is 3. The SMILES string of the molecule is CC(=O)N1CCCC1C1CCN(C)CC1.CCC(=O)N1CCCC1C1CCN(C)CC1.CN1CCC(C2CCCN2C=O)CC1.CN1CCC([C@@H]2CCCN2Cc2ccccc2)CC1.CN1CCC([C@@H]2CCCN2c2ncccn2)CC1.CN1CCC([C@@H]2CCCN2c2nccs2)CC1.CN1CCC([C@@H]2CCCN2c2nncs2)CC1.Cc1nnc(N2CCC[C@H]2C2CCN(C)CC2)o1. The zero-order valence-electron chi connectivity index (χ0n) is 84.9. The molecule has 21 rings (SSSR count). The maximum absolute atomic E-state index is 11.8. The number of amides is 3. The van der Waals surface area contributed by atoms with Gasteiger partial charge in [-0.3, -0.25) is 19.3 Å². The summed E-state index contributed by atoms with van der Waals surface area (Å²) in [6, 6.07) is 18.9. The van der Waals surface area contributed by atoms with Gasteiger partial charge in [0.2, 0.25) is 35.2 Å². The van der Waals surface area contributed by atoms with Crippen LogP contribution in [0.25, 0.3) is 0 Å². The third-order valence-corrected chi connectivity index (χ3v) is 35.8. The van der Waals surface area contributed by atoms with Crippen molar-refractivity contribution in [2.45, 2.75) is 288 Å². The predicted molar refractivity (Wildman–Crippen MR) is 547 cm³/mol. The predicted octanol–water partition coefficient (Wildman–Crippen LogP) is 14.8. The lowest BCUT2D eigenvalue weighted by Gasteiger charge is -2.37. The van der Waals surface area contributed by atoms with Crippen molar-refractivity contribution in [1.82, 2.24) is 94.1 Å². The van der Waals surface area contributed by atoms with Crippen LogP contribution in [0.4, 0.5) is 22.2 Å². The van der Waals surface area contributed by atoms with E-state index in [4.69, 9.17) is 4.42 Å². The van der Waals surface area contributed by atoms with Crippen molar-refractivity contribution in [3.8, 4) is 0 Å². The first kappa shape index (κ1) is 104. The summed E-state index contributed by atoms with van der Waals surface area (Å²) in [7, 11) is 17.7. The van der Waals surface area contributed by atoms with Crippen LogP contribution in [-0.4, -0.2) is 374 Å². The zero-order valence-corrected chi connectivity index (χ0v) is 86.5. The number of hydrogen-bond acceptors (Lipinski definition) is 26. The Morgan fingerprint density at radius 3 is 1.15 bits per heavy atom. The van der Waals surface area contributed by atoms with E-state index >= 15 is 0 Å². The first-order valence-electron chi connectivity index (χ1n) is 53.6. The number of aromatic nitrogens is 7. The van der Waals surface area contributed by atoms with Gasteiger partial charge in [0.15, 0.2) is 5.13 Å². The molecule has 0 radical (unpaired) electrons. The molecule has 4 aromatic heterocycles. The zero-order chi connectivity index (χ0) is 93.7. The average molecular weight is 1890 g/mol. The van der Waals surface area contributed by atoms with Gasteiger partial charge < -0.3 is 77.9 Å². The molecule has 8 atom stereocenters. The summed E-state index contributed by atoms with van der Waals surface area (Å²) in [5.41, 5.74) is 3.32. The Balaban J connectivity index is 0.000000123. The van der Waals surface area contributed by atoms with Crippen LogP contribution in [0.3, 0.4) is 0 Å². The molecule has 0 aliphatic carbocycles. The van der Waals surface area contributed by atoms with Crippen LogP contribution in [0.5, 0.6) is 0 Å². The van der Waals surface area contributed by atoms with Crippen LogP contribution < -0.4 is 19.6 Å². The van der Waals surface area contributed by atoms with Gasteiger partial charge in [0.1, 0.15) is 5.51 Å². The van der Waals surface area contributed by atoms with Crippen molar-refractivity contribution in [2.24, 2.45) is 47.3 Å². The molecule has 3 unspecified atom stereocenters. The Bertz CT molecular complexity index is 3990. The van der Waals surface area contributed by atoms with Gasteiger partial charge in [-0.05, 0) is 432 Å². The molecule has 1 aromatic carbocycles. The fourth-order valence-electron chi connectivity index (χ4n) is 26.2. The molecule has 16 aliphatic rings. The number of aryl methyl sites for hydroxylation is 1. The molecule has 0 N–H and O–H groups in total. The highest BCUT2D eigenvalue weighted by Gasteiger charge is 2.43. The van der Waals surface area contributed by atoms with Gasteiger partial charge in [-0.2, -0.15) is 0 Å². The monoisotopic (exact) mass is 1890 g/mol. The number of nitrogens with zero attached hydrogens (tertiary/aromatic N) is 23. The fraction of sp³-hybridized carbons (Fsp3) is 0.810. The Morgan fingerprint density at radius 1 is 0.366 bits per heavy atom. The summed E-state index contributed by atoms with van der Waals surface area (Å²) in [5.74, 6) is 8.80. The van der Waals surface area contributed by atoms with Crippen LogP contribution in [0, 0.1) is 54.3 Å². The molecular weight excluding hydrogens is 1710 g/mol. The molecule has 16 aliphatic heterocycles. The second kappa shape index (κ2) is 53.5. The van der Waals surface area contributed by atoms with E-state index in [2.05, 4.69) is 201 Å². The number of hydrogen-bond donors (Lipinski definition) is 0. The van der Waals surface area contributed by atoms with Crippen molar-refractivity contribution in [1.29, 1.82) is 0 Å². The lowest BCUT2D eigenvalue weighted by molar-refractivity contribution is -0.133. The number of piperidine rings is 8. The van der Waals surface area contributed by atoms with E-state index in [9.17, 15) is 14.4 Å². The van der Waals surface area contributed by atoms with E-state index in [1.54, 1.807) is 29.6 Å².